The quantitative estimate of drug-likeness (QED) is 0.417. The molecule has 2 atom stereocenters. The van der Waals surface area contributed by atoms with Crippen LogP contribution >= 0.6 is 0 Å². The number of nitrogens with one attached hydrogen (secondary N) is 1. The van der Waals surface area contributed by atoms with E-state index in [1.54, 1.807) is 10.9 Å². The van der Waals surface area contributed by atoms with E-state index in [1.165, 1.54) is 0 Å². The highest BCUT2D eigenvalue weighted by molar-refractivity contribution is 5.78. The van der Waals surface area contributed by atoms with E-state index in [4.69, 9.17) is 10.6 Å². The van der Waals surface area contributed by atoms with Crippen molar-refractivity contribution in [3.63, 3.8) is 0 Å². The molecule has 0 spiro atoms. The first-order valence-electron chi connectivity index (χ1n) is 5.34. The standard InChI is InChI=1S/C10H16N4O2/c1-14-8(4-5-12-14)9-7(10(15)13-11)3-2-6-16-9/h4-5,7,9H,2-3,6,11H2,1H3,(H,13,15). The van der Waals surface area contributed by atoms with Gasteiger partial charge in [0.1, 0.15) is 6.10 Å². The topological polar surface area (TPSA) is 82.2 Å². The van der Waals surface area contributed by atoms with E-state index in [-0.39, 0.29) is 17.9 Å². The van der Waals surface area contributed by atoms with Crippen LogP contribution in [0.1, 0.15) is 24.6 Å². The summed E-state index contributed by atoms with van der Waals surface area (Å²) in [5.41, 5.74) is 3.11. The number of nitrogens with two attached hydrogens (primary N) is 1. The molecule has 2 rings (SSSR count). The van der Waals surface area contributed by atoms with Gasteiger partial charge in [-0.3, -0.25) is 14.9 Å². The Kier molecular flexibility index (Phi) is 3.21. The summed E-state index contributed by atoms with van der Waals surface area (Å²) in [4.78, 5) is 11.6. The summed E-state index contributed by atoms with van der Waals surface area (Å²) in [7, 11) is 1.84. The van der Waals surface area contributed by atoms with E-state index >= 15 is 0 Å². The molecule has 6 nitrogen and oxygen atoms in total. The molecule has 0 aliphatic carbocycles. The maximum atomic E-state index is 11.6. The summed E-state index contributed by atoms with van der Waals surface area (Å²) >= 11 is 0. The average Bonchev–Trinajstić information content (AvgIpc) is 2.74. The molecule has 1 aliphatic heterocycles. The van der Waals surface area contributed by atoms with Gasteiger partial charge in [-0.05, 0) is 18.9 Å². The molecule has 1 aliphatic rings. The van der Waals surface area contributed by atoms with Gasteiger partial charge in [0, 0.05) is 19.9 Å². The second-order valence-electron chi connectivity index (χ2n) is 3.93. The molecule has 1 amide bonds. The van der Waals surface area contributed by atoms with Crippen LogP contribution < -0.4 is 11.3 Å². The van der Waals surface area contributed by atoms with Crippen molar-refractivity contribution in [2.45, 2.75) is 18.9 Å². The molecule has 1 aromatic rings. The summed E-state index contributed by atoms with van der Waals surface area (Å²) in [6.45, 7) is 0.671. The molecule has 6 heteroatoms. The van der Waals surface area contributed by atoms with Gasteiger partial charge in [0.2, 0.25) is 5.91 Å². The Bertz CT molecular complexity index is 377. The third kappa shape index (κ3) is 1.94. The minimum absolute atomic E-state index is 0.175. The molecule has 0 bridgehead atoms. The normalized spacial score (nSPS) is 25.4. The summed E-state index contributed by atoms with van der Waals surface area (Å²) < 4.78 is 7.39. The lowest BCUT2D eigenvalue weighted by Gasteiger charge is -2.30. The van der Waals surface area contributed by atoms with Gasteiger partial charge in [0.15, 0.2) is 0 Å². The average molecular weight is 224 g/mol. The minimum atomic E-state index is -0.246. The first-order chi connectivity index (χ1) is 7.74. The molecule has 0 aromatic carbocycles. The van der Waals surface area contributed by atoms with Crippen LogP contribution in [0.25, 0.3) is 0 Å². The van der Waals surface area contributed by atoms with Gasteiger partial charge in [-0.15, -0.1) is 0 Å². The van der Waals surface area contributed by atoms with Gasteiger partial charge < -0.3 is 4.74 Å². The number of aryl methyl sites for hydroxylation is 1. The highest BCUT2D eigenvalue weighted by Gasteiger charge is 2.34. The predicted molar refractivity (Wildman–Crippen MR) is 57.0 cm³/mol. The fourth-order valence-corrected chi connectivity index (χ4v) is 2.11. The highest BCUT2D eigenvalue weighted by Crippen LogP contribution is 2.33. The van der Waals surface area contributed by atoms with Crippen LogP contribution in [-0.2, 0) is 16.6 Å². The number of hydrogen-bond donors (Lipinski definition) is 2. The van der Waals surface area contributed by atoms with Gasteiger partial charge in [-0.25, -0.2) is 5.84 Å². The largest absolute Gasteiger partial charge is 0.371 e. The summed E-state index contributed by atoms with van der Waals surface area (Å²) in [6.07, 6.45) is 3.13. The maximum Gasteiger partial charge on any atom is 0.240 e. The Morgan fingerprint density at radius 2 is 2.56 bits per heavy atom. The zero-order valence-electron chi connectivity index (χ0n) is 9.22. The number of ether oxygens (including phenoxy) is 1. The smallest absolute Gasteiger partial charge is 0.240 e. The van der Waals surface area contributed by atoms with Crippen LogP contribution in [0.4, 0.5) is 0 Å². The van der Waals surface area contributed by atoms with Crippen LogP contribution in [-0.4, -0.2) is 22.3 Å². The van der Waals surface area contributed by atoms with Gasteiger partial charge in [-0.1, -0.05) is 0 Å². The molecule has 3 N–H and O–H groups in total. The number of rotatable bonds is 2. The number of carbonyl (C=O) groups is 1. The minimum Gasteiger partial charge on any atom is -0.371 e. The van der Waals surface area contributed by atoms with Crippen molar-refractivity contribution in [2.75, 3.05) is 6.61 Å². The lowest BCUT2D eigenvalue weighted by Crippen LogP contribution is -2.41. The monoisotopic (exact) mass is 224 g/mol. The van der Waals surface area contributed by atoms with Crippen LogP contribution in [0.3, 0.4) is 0 Å². The fraction of sp³-hybridized carbons (Fsp3) is 0.600. The Morgan fingerprint density at radius 3 is 3.19 bits per heavy atom. The van der Waals surface area contributed by atoms with Crippen molar-refractivity contribution in [3.8, 4) is 0 Å². The molecule has 1 fully saturated rings. The number of aromatic nitrogens is 2. The van der Waals surface area contributed by atoms with E-state index in [2.05, 4.69) is 10.5 Å². The Balaban J connectivity index is 2.23. The van der Waals surface area contributed by atoms with Crippen LogP contribution in [0.2, 0.25) is 0 Å². The molecule has 2 heterocycles. The molecule has 1 saturated heterocycles. The zero-order valence-corrected chi connectivity index (χ0v) is 9.22. The zero-order chi connectivity index (χ0) is 11.5. The Morgan fingerprint density at radius 1 is 1.75 bits per heavy atom. The van der Waals surface area contributed by atoms with E-state index in [0.717, 1.165) is 18.5 Å². The number of hydrogen-bond acceptors (Lipinski definition) is 4. The lowest BCUT2D eigenvalue weighted by molar-refractivity contribution is -0.135. The highest BCUT2D eigenvalue weighted by atomic mass is 16.5. The first kappa shape index (κ1) is 11.1. The SMILES string of the molecule is Cn1nccc1C1OCCCC1C(=O)NN. The van der Waals surface area contributed by atoms with Gasteiger partial charge in [0.25, 0.3) is 0 Å². The fourth-order valence-electron chi connectivity index (χ4n) is 2.11. The van der Waals surface area contributed by atoms with Crippen LogP contribution in [0, 0.1) is 5.92 Å². The molecular weight excluding hydrogens is 208 g/mol. The van der Waals surface area contributed by atoms with Crippen LogP contribution in [0.15, 0.2) is 12.3 Å². The van der Waals surface area contributed by atoms with E-state index < -0.39 is 0 Å². The first-order valence-corrected chi connectivity index (χ1v) is 5.34. The van der Waals surface area contributed by atoms with Crippen molar-refractivity contribution >= 4 is 5.91 Å². The number of amides is 1. The van der Waals surface area contributed by atoms with E-state index in [9.17, 15) is 4.79 Å². The maximum absolute atomic E-state index is 11.6. The van der Waals surface area contributed by atoms with Crippen LogP contribution in [0.5, 0.6) is 0 Å². The Hall–Kier alpha value is -1.40. The molecule has 0 radical (unpaired) electrons. The number of nitrogens with zero attached hydrogens (tertiary/aromatic N) is 2. The van der Waals surface area contributed by atoms with Crippen molar-refractivity contribution in [1.82, 2.24) is 15.2 Å². The van der Waals surface area contributed by atoms with Gasteiger partial charge >= 0.3 is 0 Å². The van der Waals surface area contributed by atoms with E-state index in [0.29, 0.717) is 6.61 Å². The van der Waals surface area contributed by atoms with Gasteiger partial charge in [-0.2, -0.15) is 5.10 Å². The summed E-state index contributed by atoms with van der Waals surface area (Å²) in [5, 5.41) is 4.09. The Labute approximate surface area is 93.7 Å². The third-order valence-electron chi connectivity index (χ3n) is 2.95. The van der Waals surface area contributed by atoms with Crippen molar-refractivity contribution in [1.29, 1.82) is 0 Å². The predicted octanol–water partition coefficient (Wildman–Crippen LogP) is -0.122. The number of hydrazine groups is 1. The molecule has 2 unspecified atom stereocenters. The molecule has 1 aromatic heterocycles. The molecule has 0 saturated carbocycles. The van der Waals surface area contributed by atoms with Crippen molar-refractivity contribution < 1.29 is 9.53 Å². The second-order valence-corrected chi connectivity index (χ2v) is 3.93. The third-order valence-corrected chi connectivity index (χ3v) is 2.95. The van der Waals surface area contributed by atoms with Gasteiger partial charge in [0.05, 0.1) is 11.6 Å². The lowest BCUT2D eigenvalue weighted by atomic mass is 9.91. The van der Waals surface area contributed by atoms with E-state index in [1.807, 2.05) is 13.1 Å². The summed E-state index contributed by atoms with van der Waals surface area (Å²) in [5.74, 6) is 4.78. The molecular formula is C10H16N4O2. The molecule has 88 valence electrons. The van der Waals surface area contributed by atoms with Crippen molar-refractivity contribution in [3.05, 3.63) is 18.0 Å². The number of carbonyl (C=O) groups excluding carboxylic acids is 1. The molecule has 16 heavy (non-hydrogen) atoms. The summed E-state index contributed by atoms with van der Waals surface area (Å²) in [6, 6.07) is 1.87. The second kappa shape index (κ2) is 4.63. The van der Waals surface area contributed by atoms with Crippen molar-refractivity contribution in [2.24, 2.45) is 18.8 Å².